The van der Waals surface area contributed by atoms with Crippen LogP contribution in [0.4, 0.5) is 4.39 Å². The topological polar surface area (TPSA) is 29.1 Å². The van der Waals surface area contributed by atoms with Crippen molar-refractivity contribution in [3.05, 3.63) is 34.1 Å². The van der Waals surface area contributed by atoms with Gasteiger partial charge in [-0.1, -0.05) is 26.7 Å². The van der Waals surface area contributed by atoms with Gasteiger partial charge in [-0.15, -0.1) is 0 Å². The summed E-state index contributed by atoms with van der Waals surface area (Å²) in [7, 11) is 0. The van der Waals surface area contributed by atoms with Crippen molar-refractivity contribution in [3.63, 3.8) is 0 Å². The number of carbonyl (C=O) groups excluding carboxylic acids is 1. The van der Waals surface area contributed by atoms with E-state index in [1.54, 1.807) is 0 Å². The van der Waals surface area contributed by atoms with E-state index in [1.807, 2.05) is 0 Å². The van der Waals surface area contributed by atoms with E-state index in [0.717, 1.165) is 12.8 Å². The average Bonchev–Trinajstić information content (AvgIpc) is 2.34. The van der Waals surface area contributed by atoms with Crippen molar-refractivity contribution in [1.29, 1.82) is 0 Å². The van der Waals surface area contributed by atoms with Crippen molar-refractivity contribution in [3.8, 4) is 0 Å². The maximum Gasteiger partial charge on any atom is 0.252 e. The van der Waals surface area contributed by atoms with Crippen LogP contribution in [0.15, 0.2) is 22.7 Å². The third-order valence-electron chi connectivity index (χ3n) is 4.20. The minimum Gasteiger partial charge on any atom is -0.349 e. The van der Waals surface area contributed by atoms with Gasteiger partial charge in [-0.25, -0.2) is 4.39 Å². The highest BCUT2D eigenvalue weighted by atomic mass is 79.9. The van der Waals surface area contributed by atoms with Gasteiger partial charge in [0.2, 0.25) is 0 Å². The molecule has 3 atom stereocenters. The maximum atomic E-state index is 13.0. The Labute approximate surface area is 121 Å². The Kier molecular flexibility index (Phi) is 4.61. The molecule has 1 aromatic carbocycles. The van der Waals surface area contributed by atoms with Gasteiger partial charge in [0.05, 0.1) is 5.56 Å². The highest BCUT2D eigenvalue weighted by molar-refractivity contribution is 9.10. The second-order valence-electron chi connectivity index (χ2n) is 5.47. The summed E-state index contributed by atoms with van der Waals surface area (Å²) in [5.41, 5.74) is 0.492. The Bertz CT molecular complexity index is 477. The minimum absolute atomic E-state index is 0.127. The first-order valence-corrected chi connectivity index (χ1v) is 7.54. The molecule has 19 heavy (non-hydrogen) atoms. The van der Waals surface area contributed by atoms with Gasteiger partial charge in [0.25, 0.3) is 5.91 Å². The fourth-order valence-corrected chi connectivity index (χ4v) is 3.24. The summed E-state index contributed by atoms with van der Waals surface area (Å²) in [5.74, 6) is 0.647. The molecule has 0 unspecified atom stereocenters. The number of carbonyl (C=O) groups is 1. The van der Waals surface area contributed by atoms with Gasteiger partial charge in [0.15, 0.2) is 0 Å². The molecule has 1 fully saturated rings. The molecule has 0 spiro atoms. The van der Waals surface area contributed by atoms with Crippen molar-refractivity contribution in [2.45, 2.75) is 39.2 Å². The van der Waals surface area contributed by atoms with E-state index in [0.29, 0.717) is 21.9 Å². The SMILES string of the molecule is C[C@@H]1[C@H](C)CCC[C@H]1NC(=O)c1ccc(F)cc1Br. The first-order valence-electron chi connectivity index (χ1n) is 6.75. The van der Waals surface area contributed by atoms with Crippen molar-refractivity contribution in [2.24, 2.45) is 11.8 Å². The number of hydrogen-bond donors (Lipinski definition) is 1. The van der Waals surface area contributed by atoms with Crippen molar-refractivity contribution in [1.82, 2.24) is 5.32 Å². The fourth-order valence-electron chi connectivity index (χ4n) is 2.71. The normalized spacial score (nSPS) is 27.1. The maximum absolute atomic E-state index is 13.0. The summed E-state index contributed by atoms with van der Waals surface area (Å²) in [4.78, 5) is 12.2. The zero-order valence-electron chi connectivity index (χ0n) is 11.2. The van der Waals surface area contributed by atoms with Crippen LogP contribution in [0.3, 0.4) is 0 Å². The van der Waals surface area contributed by atoms with Crippen molar-refractivity contribution in [2.75, 3.05) is 0 Å². The van der Waals surface area contributed by atoms with Crippen LogP contribution in [0, 0.1) is 17.7 Å². The summed E-state index contributed by atoms with van der Waals surface area (Å²) in [6, 6.07) is 4.37. The third-order valence-corrected chi connectivity index (χ3v) is 4.86. The molecule has 2 nitrogen and oxygen atoms in total. The van der Waals surface area contributed by atoms with Gasteiger partial charge in [-0.3, -0.25) is 4.79 Å². The molecule has 104 valence electrons. The van der Waals surface area contributed by atoms with Crippen molar-refractivity contribution < 1.29 is 9.18 Å². The number of amides is 1. The third kappa shape index (κ3) is 3.35. The van der Waals surface area contributed by atoms with Crippen molar-refractivity contribution >= 4 is 21.8 Å². The molecule has 0 heterocycles. The Morgan fingerprint density at radius 3 is 2.79 bits per heavy atom. The lowest BCUT2D eigenvalue weighted by Gasteiger charge is -2.34. The number of nitrogens with one attached hydrogen (secondary N) is 1. The summed E-state index contributed by atoms with van der Waals surface area (Å²) in [6.45, 7) is 4.42. The van der Waals surface area contributed by atoms with Gasteiger partial charge in [0, 0.05) is 10.5 Å². The van der Waals surface area contributed by atoms with Crippen LogP contribution in [-0.4, -0.2) is 11.9 Å². The molecule has 0 aliphatic heterocycles. The molecule has 0 aromatic heterocycles. The highest BCUT2D eigenvalue weighted by Crippen LogP contribution is 2.30. The number of hydrogen-bond acceptors (Lipinski definition) is 1. The Morgan fingerprint density at radius 2 is 2.11 bits per heavy atom. The quantitative estimate of drug-likeness (QED) is 0.868. The van der Waals surface area contributed by atoms with E-state index in [2.05, 4.69) is 35.1 Å². The van der Waals surface area contributed by atoms with Crippen LogP contribution < -0.4 is 5.32 Å². The second kappa shape index (κ2) is 6.04. The smallest absolute Gasteiger partial charge is 0.252 e. The molecule has 1 aliphatic rings. The van der Waals surface area contributed by atoms with Crippen LogP contribution >= 0.6 is 15.9 Å². The predicted molar refractivity (Wildman–Crippen MR) is 77.5 cm³/mol. The molecular formula is C15H19BrFNO. The Hall–Kier alpha value is -0.900. The van der Waals surface area contributed by atoms with E-state index < -0.39 is 0 Å². The van der Waals surface area contributed by atoms with E-state index in [1.165, 1.54) is 24.6 Å². The predicted octanol–water partition coefficient (Wildman–Crippen LogP) is 4.14. The van der Waals surface area contributed by atoms with E-state index in [4.69, 9.17) is 0 Å². The average molecular weight is 328 g/mol. The van der Waals surface area contributed by atoms with Crippen LogP contribution in [0.2, 0.25) is 0 Å². The largest absolute Gasteiger partial charge is 0.349 e. The lowest BCUT2D eigenvalue weighted by Crippen LogP contribution is -2.43. The molecule has 1 aromatic rings. The zero-order chi connectivity index (χ0) is 14.0. The van der Waals surface area contributed by atoms with Crippen LogP contribution in [0.1, 0.15) is 43.5 Å². The van der Waals surface area contributed by atoms with Crippen LogP contribution in [0.5, 0.6) is 0 Å². The van der Waals surface area contributed by atoms with Crippen LogP contribution in [-0.2, 0) is 0 Å². The first-order chi connectivity index (χ1) is 8.99. The van der Waals surface area contributed by atoms with E-state index in [-0.39, 0.29) is 17.8 Å². The monoisotopic (exact) mass is 327 g/mol. The van der Waals surface area contributed by atoms with E-state index >= 15 is 0 Å². The van der Waals surface area contributed by atoms with Gasteiger partial charge in [0.1, 0.15) is 5.82 Å². The van der Waals surface area contributed by atoms with Gasteiger partial charge < -0.3 is 5.32 Å². The standard InChI is InChI=1S/C15H19BrFNO/c1-9-4-3-5-14(10(9)2)18-15(19)12-7-6-11(17)8-13(12)16/h6-10,14H,3-5H2,1-2H3,(H,18,19)/t9-,10-,14-/m1/s1. The van der Waals surface area contributed by atoms with E-state index in [9.17, 15) is 9.18 Å². The molecule has 4 heteroatoms. The van der Waals surface area contributed by atoms with Gasteiger partial charge in [-0.05, 0) is 52.4 Å². The molecule has 1 aliphatic carbocycles. The lowest BCUT2D eigenvalue weighted by atomic mass is 9.78. The minimum atomic E-state index is -0.344. The second-order valence-corrected chi connectivity index (χ2v) is 6.33. The van der Waals surface area contributed by atoms with Crippen LogP contribution in [0.25, 0.3) is 0 Å². The lowest BCUT2D eigenvalue weighted by molar-refractivity contribution is 0.0890. The summed E-state index contributed by atoms with van der Waals surface area (Å²) in [5, 5.41) is 3.08. The highest BCUT2D eigenvalue weighted by Gasteiger charge is 2.28. The summed E-state index contributed by atoms with van der Waals surface area (Å²) in [6.07, 6.45) is 3.41. The first kappa shape index (κ1) is 14.5. The fraction of sp³-hybridized carbons (Fsp3) is 0.533. The zero-order valence-corrected chi connectivity index (χ0v) is 12.8. The number of benzene rings is 1. The van der Waals surface area contributed by atoms with Gasteiger partial charge >= 0.3 is 0 Å². The molecule has 1 amide bonds. The summed E-state index contributed by atoms with van der Waals surface area (Å²) < 4.78 is 13.5. The molecule has 2 rings (SSSR count). The molecular weight excluding hydrogens is 309 g/mol. The number of halogens is 2. The Morgan fingerprint density at radius 1 is 1.37 bits per heavy atom. The molecule has 0 saturated heterocycles. The molecule has 0 radical (unpaired) electrons. The molecule has 0 bridgehead atoms. The molecule has 1 N–H and O–H groups in total. The number of rotatable bonds is 2. The Balaban J connectivity index is 2.08. The molecule has 1 saturated carbocycles. The summed E-state index contributed by atoms with van der Waals surface area (Å²) >= 11 is 3.24. The van der Waals surface area contributed by atoms with Gasteiger partial charge in [-0.2, -0.15) is 0 Å².